The van der Waals surface area contributed by atoms with E-state index in [4.69, 9.17) is 10.5 Å². The summed E-state index contributed by atoms with van der Waals surface area (Å²) >= 11 is 0. The van der Waals surface area contributed by atoms with Crippen LogP contribution in [0, 0.1) is 0 Å². The Labute approximate surface area is 121 Å². The standard InChI is InChI=1S/C18H23NO/c1-13(2)14-9-11-15(12-10-14)18(3,19)16-7-5-6-8-17(16)20-4/h5-13H,19H2,1-4H3. The predicted molar refractivity (Wildman–Crippen MR) is 84.2 cm³/mol. The van der Waals surface area contributed by atoms with E-state index in [9.17, 15) is 0 Å². The predicted octanol–water partition coefficient (Wildman–Crippen LogP) is 4.04. The number of hydrogen-bond donors (Lipinski definition) is 1. The molecule has 0 aliphatic carbocycles. The molecule has 0 aromatic heterocycles. The van der Waals surface area contributed by atoms with Crippen LogP contribution in [0.2, 0.25) is 0 Å². The van der Waals surface area contributed by atoms with Crippen LogP contribution in [0.5, 0.6) is 5.75 Å². The van der Waals surface area contributed by atoms with Gasteiger partial charge in [0.05, 0.1) is 12.6 Å². The molecule has 2 nitrogen and oxygen atoms in total. The molecule has 0 radical (unpaired) electrons. The summed E-state index contributed by atoms with van der Waals surface area (Å²) < 4.78 is 5.44. The van der Waals surface area contributed by atoms with Crippen molar-refractivity contribution in [2.24, 2.45) is 5.73 Å². The van der Waals surface area contributed by atoms with Crippen LogP contribution in [0.1, 0.15) is 43.4 Å². The molecular weight excluding hydrogens is 246 g/mol. The number of rotatable bonds is 4. The van der Waals surface area contributed by atoms with Gasteiger partial charge in [-0.25, -0.2) is 0 Å². The summed E-state index contributed by atoms with van der Waals surface area (Å²) in [6.45, 7) is 6.41. The summed E-state index contributed by atoms with van der Waals surface area (Å²) in [4.78, 5) is 0. The van der Waals surface area contributed by atoms with Crippen LogP contribution in [0.4, 0.5) is 0 Å². The van der Waals surface area contributed by atoms with E-state index in [0.29, 0.717) is 5.92 Å². The van der Waals surface area contributed by atoms with Crippen LogP contribution in [0.25, 0.3) is 0 Å². The lowest BCUT2D eigenvalue weighted by Gasteiger charge is -2.28. The van der Waals surface area contributed by atoms with Gasteiger partial charge in [0.15, 0.2) is 0 Å². The summed E-state index contributed by atoms with van der Waals surface area (Å²) in [7, 11) is 1.68. The maximum Gasteiger partial charge on any atom is 0.124 e. The van der Waals surface area contributed by atoms with Crippen LogP contribution >= 0.6 is 0 Å². The third-order valence-corrected chi connectivity index (χ3v) is 3.84. The maximum absolute atomic E-state index is 6.58. The summed E-state index contributed by atoms with van der Waals surface area (Å²) in [5.41, 5.74) is 9.43. The van der Waals surface area contributed by atoms with Gasteiger partial charge in [0, 0.05) is 5.56 Å². The monoisotopic (exact) mass is 269 g/mol. The third kappa shape index (κ3) is 2.70. The molecule has 2 N–H and O–H groups in total. The first-order valence-electron chi connectivity index (χ1n) is 6.99. The summed E-state index contributed by atoms with van der Waals surface area (Å²) in [6, 6.07) is 16.5. The molecule has 0 fully saturated rings. The fraction of sp³-hybridized carbons (Fsp3) is 0.333. The van der Waals surface area contributed by atoms with Crippen molar-refractivity contribution >= 4 is 0 Å². The Balaban J connectivity index is 2.43. The second-order valence-corrected chi connectivity index (χ2v) is 5.68. The first-order chi connectivity index (χ1) is 9.46. The SMILES string of the molecule is COc1ccccc1C(C)(N)c1ccc(C(C)C)cc1. The summed E-state index contributed by atoms with van der Waals surface area (Å²) in [6.07, 6.45) is 0. The normalized spacial score (nSPS) is 14.1. The molecule has 0 heterocycles. The molecule has 2 rings (SSSR count). The Morgan fingerprint density at radius 1 is 1.00 bits per heavy atom. The zero-order valence-electron chi connectivity index (χ0n) is 12.7. The van der Waals surface area contributed by atoms with Gasteiger partial charge in [0.25, 0.3) is 0 Å². The van der Waals surface area contributed by atoms with Crippen molar-refractivity contribution in [3.05, 3.63) is 65.2 Å². The second kappa shape index (κ2) is 5.68. The number of ether oxygens (including phenoxy) is 1. The fourth-order valence-corrected chi connectivity index (χ4v) is 2.44. The molecule has 0 saturated heterocycles. The molecule has 0 aliphatic rings. The van der Waals surface area contributed by atoms with Gasteiger partial charge < -0.3 is 10.5 Å². The van der Waals surface area contributed by atoms with Crippen LogP contribution in [0.3, 0.4) is 0 Å². The van der Waals surface area contributed by atoms with Crippen molar-refractivity contribution in [3.8, 4) is 5.75 Å². The zero-order chi connectivity index (χ0) is 14.8. The van der Waals surface area contributed by atoms with Gasteiger partial charge in [-0.2, -0.15) is 0 Å². The lowest BCUT2D eigenvalue weighted by Crippen LogP contribution is -2.34. The van der Waals surface area contributed by atoms with Crippen molar-refractivity contribution in [1.29, 1.82) is 0 Å². The minimum absolute atomic E-state index is 0.527. The Bertz CT molecular complexity index is 570. The molecule has 20 heavy (non-hydrogen) atoms. The van der Waals surface area contributed by atoms with Crippen LogP contribution in [-0.2, 0) is 5.54 Å². The first-order valence-corrected chi connectivity index (χ1v) is 6.99. The van der Waals surface area contributed by atoms with E-state index in [2.05, 4.69) is 38.1 Å². The van der Waals surface area contributed by atoms with Gasteiger partial charge in [-0.05, 0) is 30.0 Å². The van der Waals surface area contributed by atoms with Gasteiger partial charge in [0.2, 0.25) is 0 Å². The molecule has 2 aromatic carbocycles. The van der Waals surface area contributed by atoms with E-state index < -0.39 is 5.54 Å². The van der Waals surface area contributed by atoms with Crippen molar-refractivity contribution in [3.63, 3.8) is 0 Å². The highest BCUT2D eigenvalue weighted by Gasteiger charge is 2.26. The Morgan fingerprint density at radius 2 is 1.60 bits per heavy atom. The van der Waals surface area contributed by atoms with E-state index in [1.54, 1.807) is 7.11 Å². The Kier molecular flexibility index (Phi) is 4.15. The highest BCUT2D eigenvalue weighted by Crippen LogP contribution is 2.33. The van der Waals surface area contributed by atoms with Gasteiger partial charge >= 0.3 is 0 Å². The minimum Gasteiger partial charge on any atom is -0.496 e. The number of methoxy groups -OCH3 is 1. The lowest BCUT2D eigenvalue weighted by molar-refractivity contribution is 0.399. The molecule has 106 valence electrons. The van der Waals surface area contributed by atoms with E-state index in [1.807, 2.05) is 31.2 Å². The van der Waals surface area contributed by atoms with Crippen molar-refractivity contribution in [2.45, 2.75) is 32.2 Å². The average molecular weight is 269 g/mol. The molecular formula is C18H23NO. The molecule has 1 atom stereocenters. The maximum atomic E-state index is 6.58. The van der Waals surface area contributed by atoms with E-state index in [1.165, 1.54) is 5.56 Å². The fourth-order valence-electron chi connectivity index (χ4n) is 2.44. The molecule has 0 saturated carbocycles. The number of para-hydroxylation sites is 1. The topological polar surface area (TPSA) is 35.2 Å². The number of hydrogen-bond acceptors (Lipinski definition) is 2. The molecule has 0 bridgehead atoms. The van der Waals surface area contributed by atoms with Gasteiger partial charge in [0.1, 0.15) is 5.75 Å². The highest BCUT2D eigenvalue weighted by molar-refractivity contribution is 5.46. The van der Waals surface area contributed by atoms with E-state index >= 15 is 0 Å². The number of benzene rings is 2. The number of nitrogens with two attached hydrogens (primary N) is 1. The quantitative estimate of drug-likeness (QED) is 0.909. The van der Waals surface area contributed by atoms with Crippen molar-refractivity contribution in [1.82, 2.24) is 0 Å². The molecule has 2 aromatic rings. The molecule has 1 unspecified atom stereocenters. The summed E-state index contributed by atoms with van der Waals surface area (Å²) in [5.74, 6) is 1.35. The van der Waals surface area contributed by atoms with Crippen molar-refractivity contribution in [2.75, 3.05) is 7.11 Å². The molecule has 0 spiro atoms. The highest BCUT2D eigenvalue weighted by atomic mass is 16.5. The summed E-state index contributed by atoms with van der Waals surface area (Å²) in [5, 5.41) is 0. The second-order valence-electron chi connectivity index (χ2n) is 5.68. The Hall–Kier alpha value is -1.80. The largest absolute Gasteiger partial charge is 0.496 e. The van der Waals surface area contributed by atoms with E-state index in [-0.39, 0.29) is 0 Å². The third-order valence-electron chi connectivity index (χ3n) is 3.84. The van der Waals surface area contributed by atoms with E-state index in [0.717, 1.165) is 16.9 Å². The molecule has 0 aliphatic heterocycles. The molecule has 0 amide bonds. The first kappa shape index (κ1) is 14.6. The average Bonchev–Trinajstić information content (AvgIpc) is 2.47. The minimum atomic E-state index is -0.567. The van der Waals surface area contributed by atoms with Gasteiger partial charge in [-0.1, -0.05) is 56.3 Å². The van der Waals surface area contributed by atoms with Crippen LogP contribution < -0.4 is 10.5 Å². The van der Waals surface area contributed by atoms with Crippen LogP contribution in [-0.4, -0.2) is 7.11 Å². The molecule has 2 heteroatoms. The lowest BCUT2D eigenvalue weighted by atomic mass is 9.84. The van der Waals surface area contributed by atoms with Crippen LogP contribution in [0.15, 0.2) is 48.5 Å². The van der Waals surface area contributed by atoms with Crippen molar-refractivity contribution < 1.29 is 4.74 Å². The Morgan fingerprint density at radius 3 is 2.15 bits per heavy atom. The van der Waals surface area contributed by atoms with Gasteiger partial charge in [-0.15, -0.1) is 0 Å². The smallest absolute Gasteiger partial charge is 0.124 e. The van der Waals surface area contributed by atoms with Gasteiger partial charge in [-0.3, -0.25) is 0 Å². The zero-order valence-corrected chi connectivity index (χ0v) is 12.7.